The fourth-order valence-corrected chi connectivity index (χ4v) is 2.59. The number of hydrogen-bond acceptors (Lipinski definition) is 4. The molecule has 1 saturated heterocycles. The van der Waals surface area contributed by atoms with Crippen LogP contribution in [-0.4, -0.2) is 28.7 Å². The predicted octanol–water partition coefficient (Wildman–Crippen LogP) is 3.45. The van der Waals surface area contributed by atoms with E-state index in [0.29, 0.717) is 6.04 Å². The minimum Gasteiger partial charge on any atom is -0.473 e. The summed E-state index contributed by atoms with van der Waals surface area (Å²) in [6, 6.07) is 18.7. The number of carboxylic acids is 2. The molecule has 0 radical (unpaired) electrons. The Bertz CT molecular complexity index is 684. The summed E-state index contributed by atoms with van der Waals surface area (Å²) in [5, 5.41) is 18.4. The van der Waals surface area contributed by atoms with Gasteiger partial charge in [0.1, 0.15) is 11.5 Å². The monoisotopic (exact) mass is 343 g/mol. The van der Waals surface area contributed by atoms with Gasteiger partial charge in [-0.15, -0.1) is 0 Å². The largest absolute Gasteiger partial charge is 0.473 e. The topological polar surface area (TPSA) is 95.9 Å². The first kappa shape index (κ1) is 18.5. The summed E-state index contributed by atoms with van der Waals surface area (Å²) in [5.74, 6) is -1.79. The zero-order valence-corrected chi connectivity index (χ0v) is 13.7. The summed E-state index contributed by atoms with van der Waals surface area (Å²) in [5.41, 5.74) is 1.27. The molecule has 6 nitrogen and oxygen atoms in total. The number of para-hydroxylation sites is 2. The Morgan fingerprint density at radius 2 is 1.56 bits per heavy atom. The van der Waals surface area contributed by atoms with Crippen LogP contribution in [0.2, 0.25) is 0 Å². The van der Waals surface area contributed by atoms with Gasteiger partial charge < -0.3 is 20.3 Å². The SMILES string of the molecule is O=C(O)C(=O)O.c1ccc(Oc2ccccc2C2CCCCN2)cc1. The second-order valence-electron chi connectivity index (χ2n) is 5.57. The number of hydrogen-bond donors (Lipinski definition) is 3. The van der Waals surface area contributed by atoms with Gasteiger partial charge in [0.25, 0.3) is 0 Å². The molecule has 0 aliphatic carbocycles. The summed E-state index contributed by atoms with van der Waals surface area (Å²) in [6.07, 6.45) is 3.75. The van der Waals surface area contributed by atoms with E-state index in [-0.39, 0.29) is 0 Å². The molecule has 3 rings (SSSR count). The Hall–Kier alpha value is -2.86. The van der Waals surface area contributed by atoms with Gasteiger partial charge in [0, 0.05) is 11.6 Å². The van der Waals surface area contributed by atoms with Gasteiger partial charge in [-0.1, -0.05) is 42.8 Å². The lowest BCUT2D eigenvalue weighted by atomic mass is 9.97. The minimum atomic E-state index is -1.82. The molecule has 0 bridgehead atoms. The molecule has 132 valence electrons. The lowest BCUT2D eigenvalue weighted by Gasteiger charge is -2.25. The van der Waals surface area contributed by atoms with Crippen molar-refractivity contribution in [3.05, 3.63) is 60.2 Å². The summed E-state index contributed by atoms with van der Waals surface area (Å²) >= 11 is 0. The van der Waals surface area contributed by atoms with Gasteiger partial charge in [0.2, 0.25) is 0 Å². The molecule has 1 atom stereocenters. The Labute approximate surface area is 146 Å². The predicted molar refractivity (Wildman–Crippen MR) is 92.8 cm³/mol. The first-order valence-electron chi connectivity index (χ1n) is 8.09. The van der Waals surface area contributed by atoms with E-state index < -0.39 is 11.9 Å². The lowest BCUT2D eigenvalue weighted by Crippen LogP contribution is -2.27. The number of piperidine rings is 1. The number of carboxylic acid groups (broad SMARTS) is 2. The maximum atomic E-state index is 9.10. The van der Waals surface area contributed by atoms with E-state index in [1.807, 2.05) is 36.4 Å². The molecular formula is C19H21NO5. The molecule has 0 amide bonds. The third kappa shape index (κ3) is 5.93. The normalized spacial score (nSPS) is 16.2. The second-order valence-corrected chi connectivity index (χ2v) is 5.57. The van der Waals surface area contributed by atoms with Crippen molar-refractivity contribution in [1.82, 2.24) is 5.32 Å². The first-order valence-corrected chi connectivity index (χ1v) is 8.09. The third-order valence-electron chi connectivity index (χ3n) is 3.76. The van der Waals surface area contributed by atoms with E-state index in [4.69, 9.17) is 24.5 Å². The fraction of sp³-hybridized carbons (Fsp3) is 0.263. The van der Waals surface area contributed by atoms with E-state index >= 15 is 0 Å². The van der Waals surface area contributed by atoms with Crippen LogP contribution in [0.5, 0.6) is 11.5 Å². The number of ether oxygens (including phenoxy) is 1. The average molecular weight is 343 g/mol. The Morgan fingerprint density at radius 3 is 2.16 bits per heavy atom. The summed E-state index contributed by atoms with van der Waals surface area (Å²) in [6.45, 7) is 1.10. The van der Waals surface area contributed by atoms with E-state index in [0.717, 1.165) is 18.0 Å². The summed E-state index contributed by atoms with van der Waals surface area (Å²) < 4.78 is 6.02. The van der Waals surface area contributed by atoms with Crippen molar-refractivity contribution in [3.63, 3.8) is 0 Å². The minimum absolute atomic E-state index is 0.425. The van der Waals surface area contributed by atoms with E-state index in [2.05, 4.69) is 23.5 Å². The zero-order chi connectivity index (χ0) is 18.1. The van der Waals surface area contributed by atoms with Crippen LogP contribution in [-0.2, 0) is 9.59 Å². The van der Waals surface area contributed by atoms with Gasteiger partial charge in [-0.25, -0.2) is 9.59 Å². The van der Waals surface area contributed by atoms with Gasteiger partial charge in [-0.2, -0.15) is 0 Å². The lowest BCUT2D eigenvalue weighted by molar-refractivity contribution is -0.159. The maximum Gasteiger partial charge on any atom is 0.414 e. The van der Waals surface area contributed by atoms with Gasteiger partial charge in [0.05, 0.1) is 0 Å². The zero-order valence-electron chi connectivity index (χ0n) is 13.7. The highest BCUT2D eigenvalue weighted by atomic mass is 16.5. The smallest absolute Gasteiger partial charge is 0.414 e. The molecular weight excluding hydrogens is 322 g/mol. The molecule has 1 unspecified atom stereocenters. The molecule has 0 spiro atoms. The van der Waals surface area contributed by atoms with Gasteiger partial charge in [0.15, 0.2) is 0 Å². The van der Waals surface area contributed by atoms with Crippen molar-refractivity contribution >= 4 is 11.9 Å². The summed E-state index contributed by atoms with van der Waals surface area (Å²) in [4.78, 5) is 18.2. The summed E-state index contributed by atoms with van der Waals surface area (Å²) in [7, 11) is 0. The highest BCUT2D eigenvalue weighted by molar-refractivity contribution is 6.27. The number of nitrogens with one attached hydrogen (secondary N) is 1. The van der Waals surface area contributed by atoms with Crippen LogP contribution in [0.15, 0.2) is 54.6 Å². The van der Waals surface area contributed by atoms with E-state index in [1.165, 1.54) is 24.8 Å². The highest BCUT2D eigenvalue weighted by Crippen LogP contribution is 2.33. The molecule has 2 aromatic carbocycles. The van der Waals surface area contributed by atoms with Crippen molar-refractivity contribution in [3.8, 4) is 11.5 Å². The second kappa shape index (κ2) is 9.44. The van der Waals surface area contributed by atoms with Crippen molar-refractivity contribution in [2.24, 2.45) is 0 Å². The molecule has 0 aromatic heterocycles. The van der Waals surface area contributed by atoms with Gasteiger partial charge in [-0.05, 0) is 37.6 Å². The molecule has 1 heterocycles. The Morgan fingerprint density at radius 1 is 0.920 bits per heavy atom. The van der Waals surface area contributed by atoms with Crippen molar-refractivity contribution in [2.45, 2.75) is 25.3 Å². The standard InChI is InChI=1S/C17H19NO.C2H2O4/c1-2-8-14(9-3-1)19-17-12-5-4-10-15(17)16-11-6-7-13-18-16;3-1(4)2(5)6/h1-5,8-10,12,16,18H,6-7,11,13H2;(H,3,4)(H,5,6). The van der Waals surface area contributed by atoms with E-state index in [1.54, 1.807) is 0 Å². The first-order chi connectivity index (χ1) is 12.1. The Balaban J connectivity index is 0.000000326. The number of benzene rings is 2. The van der Waals surface area contributed by atoms with Crippen molar-refractivity contribution < 1.29 is 24.5 Å². The molecule has 6 heteroatoms. The highest BCUT2D eigenvalue weighted by Gasteiger charge is 2.18. The van der Waals surface area contributed by atoms with Crippen molar-refractivity contribution in [1.29, 1.82) is 0 Å². The van der Waals surface area contributed by atoms with Crippen LogP contribution >= 0.6 is 0 Å². The maximum absolute atomic E-state index is 9.10. The van der Waals surface area contributed by atoms with Crippen LogP contribution in [0.4, 0.5) is 0 Å². The van der Waals surface area contributed by atoms with Crippen molar-refractivity contribution in [2.75, 3.05) is 6.54 Å². The van der Waals surface area contributed by atoms with Gasteiger partial charge in [-0.3, -0.25) is 0 Å². The molecule has 2 aromatic rings. The number of aliphatic carboxylic acids is 2. The molecule has 25 heavy (non-hydrogen) atoms. The quantitative estimate of drug-likeness (QED) is 0.739. The number of carbonyl (C=O) groups is 2. The van der Waals surface area contributed by atoms with Crippen LogP contribution < -0.4 is 10.1 Å². The third-order valence-corrected chi connectivity index (χ3v) is 3.76. The van der Waals surface area contributed by atoms with E-state index in [9.17, 15) is 0 Å². The average Bonchev–Trinajstić information content (AvgIpc) is 2.64. The van der Waals surface area contributed by atoms with Crippen LogP contribution in [0, 0.1) is 0 Å². The molecule has 1 aliphatic rings. The molecule has 0 saturated carbocycles. The fourth-order valence-electron chi connectivity index (χ4n) is 2.59. The molecule has 3 N–H and O–H groups in total. The van der Waals surface area contributed by atoms with Crippen LogP contribution in [0.1, 0.15) is 30.9 Å². The van der Waals surface area contributed by atoms with Crippen LogP contribution in [0.25, 0.3) is 0 Å². The van der Waals surface area contributed by atoms with Crippen LogP contribution in [0.3, 0.4) is 0 Å². The molecule has 1 fully saturated rings. The number of rotatable bonds is 3. The molecule has 1 aliphatic heterocycles. The van der Waals surface area contributed by atoms with Gasteiger partial charge >= 0.3 is 11.9 Å². The Kier molecular flexibility index (Phi) is 6.98.